The van der Waals surface area contributed by atoms with Gasteiger partial charge in [-0.2, -0.15) is 5.10 Å². The van der Waals surface area contributed by atoms with Gasteiger partial charge in [0, 0.05) is 35.6 Å². The Kier molecular flexibility index (Phi) is 7.28. The van der Waals surface area contributed by atoms with Crippen LogP contribution in [0.1, 0.15) is 25.7 Å². The van der Waals surface area contributed by atoms with Gasteiger partial charge in [-0.05, 0) is 55.3 Å². The highest BCUT2D eigenvalue weighted by atomic mass is 19.1. The Morgan fingerprint density at radius 2 is 1.63 bits per heavy atom. The number of benzene rings is 2. The lowest BCUT2D eigenvalue weighted by Crippen LogP contribution is -2.16. The van der Waals surface area contributed by atoms with Crippen molar-refractivity contribution in [2.24, 2.45) is 0 Å². The molecule has 3 heterocycles. The van der Waals surface area contributed by atoms with E-state index in [0.717, 1.165) is 35.3 Å². The molecular formula is C31H31FN6O3. The van der Waals surface area contributed by atoms with Gasteiger partial charge in [0.15, 0.2) is 11.5 Å². The fourth-order valence-electron chi connectivity index (χ4n) is 5.36. The summed E-state index contributed by atoms with van der Waals surface area (Å²) in [5.41, 5.74) is 4.52. The van der Waals surface area contributed by atoms with Crippen molar-refractivity contribution in [1.82, 2.24) is 19.6 Å². The summed E-state index contributed by atoms with van der Waals surface area (Å²) < 4.78 is 32.2. The second-order valence-corrected chi connectivity index (χ2v) is 9.87. The van der Waals surface area contributed by atoms with E-state index < -0.39 is 0 Å². The molecule has 0 amide bonds. The number of fused-ring (bicyclic) bond motifs is 1. The van der Waals surface area contributed by atoms with Crippen LogP contribution in [-0.2, 0) is 0 Å². The third kappa shape index (κ3) is 5.20. The van der Waals surface area contributed by atoms with Crippen LogP contribution in [0.15, 0.2) is 66.9 Å². The fourth-order valence-corrected chi connectivity index (χ4v) is 5.36. The molecule has 9 nitrogen and oxygen atoms in total. The van der Waals surface area contributed by atoms with Crippen molar-refractivity contribution < 1.29 is 18.6 Å². The van der Waals surface area contributed by atoms with E-state index in [-0.39, 0.29) is 5.82 Å². The van der Waals surface area contributed by atoms with Gasteiger partial charge in [0.2, 0.25) is 11.7 Å². The maximum atomic E-state index is 13.8. The van der Waals surface area contributed by atoms with E-state index >= 15 is 0 Å². The largest absolute Gasteiger partial charge is 0.493 e. The van der Waals surface area contributed by atoms with Crippen molar-refractivity contribution in [2.45, 2.75) is 31.7 Å². The summed E-state index contributed by atoms with van der Waals surface area (Å²) in [6.07, 6.45) is 6.42. The molecule has 2 aromatic carbocycles. The van der Waals surface area contributed by atoms with Crippen LogP contribution in [0.5, 0.6) is 17.2 Å². The summed E-state index contributed by atoms with van der Waals surface area (Å²) in [5.74, 6) is 2.49. The van der Waals surface area contributed by atoms with Crippen LogP contribution in [0.2, 0.25) is 0 Å². The molecule has 1 aliphatic rings. The highest BCUT2D eigenvalue weighted by Gasteiger charge is 2.22. The van der Waals surface area contributed by atoms with Gasteiger partial charge in [0.05, 0.1) is 38.1 Å². The molecule has 0 bridgehead atoms. The molecule has 0 saturated heterocycles. The zero-order chi connectivity index (χ0) is 28.3. The number of ether oxygens (including phenoxy) is 3. The molecular weight excluding hydrogens is 523 g/mol. The van der Waals surface area contributed by atoms with Crippen molar-refractivity contribution >= 4 is 23.0 Å². The first-order valence-electron chi connectivity index (χ1n) is 13.5. The number of pyridine rings is 1. The van der Waals surface area contributed by atoms with E-state index in [0.29, 0.717) is 46.3 Å². The molecule has 41 heavy (non-hydrogen) atoms. The van der Waals surface area contributed by atoms with Crippen molar-refractivity contribution in [3.63, 3.8) is 0 Å². The molecule has 1 saturated carbocycles. The van der Waals surface area contributed by atoms with E-state index in [1.807, 2.05) is 28.8 Å². The van der Waals surface area contributed by atoms with Gasteiger partial charge in [-0.15, -0.1) is 0 Å². The monoisotopic (exact) mass is 554 g/mol. The van der Waals surface area contributed by atoms with Crippen molar-refractivity contribution in [3.8, 4) is 39.8 Å². The normalized spacial score (nSPS) is 13.4. The topological polar surface area (TPSA) is 94.8 Å². The van der Waals surface area contributed by atoms with Crippen molar-refractivity contribution in [1.29, 1.82) is 0 Å². The minimum atomic E-state index is -0.304. The maximum Gasteiger partial charge on any atom is 0.227 e. The molecule has 6 rings (SSSR count). The molecule has 0 radical (unpaired) electrons. The first kappa shape index (κ1) is 26.4. The zero-order valence-electron chi connectivity index (χ0n) is 23.1. The molecule has 5 aromatic rings. The van der Waals surface area contributed by atoms with Gasteiger partial charge in [-0.1, -0.05) is 18.9 Å². The molecule has 1 aliphatic carbocycles. The molecule has 3 aromatic heterocycles. The summed E-state index contributed by atoms with van der Waals surface area (Å²) in [6, 6.07) is 18.3. The van der Waals surface area contributed by atoms with Crippen LogP contribution in [0.25, 0.3) is 28.0 Å². The van der Waals surface area contributed by atoms with Gasteiger partial charge in [-0.3, -0.25) is 0 Å². The lowest BCUT2D eigenvalue weighted by Gasteiger charge is -2.15. The summed E-state index contributed by atoms with van der Waals surface area (Å²) in [5, 5.41) is 11.9. The smallest absolute Gasteiger partial charge is 0.227 e. The fraction of sp³-hybridized carbons (Fsp3) is 0.258. The Hall–Kier alpha value is -4.86. The SMILES string of the molecule is COc1cc(Nc2nccc(-c3c(-c4ccc(F)cc4)nn4c(NC5CCCC5)cccc34)n2)cc(OC)c1OC. The van der Waals surface area contributed by atoms with E-state index in [1.165, 1.54) is 25.0 Å². The summed E-state index contributed by atoms with van der Waals surface area (Å²) in [6.45, 7) is 0. The summed E-state index contributed by atoms with van der Waals surface area (Å²) in [4.78, 5) is 9.32. The molecule has 10 heteroatoms. The van der Waals surface area contributed by atoms with Crippen LogP contribution in [0.3, 0.4) is 0 Å². The Bertz CT molecular complexity index is 1660. The van der Waals surface area contributed by atoms with Crippen LogP contribution in [0.4, 0.5) is 21.8 Å². The quantitative estimate of drug-likeness (QED) is 0.207. The van der Waals surface area contributed by atoms with Crippen LogP contribution < -0.4 is 24.8 Å². The van der Waals surface area contributed by atoms with E-state index in [9.17, 15) is 4.39 Å². The second kappa shape index (κ2) is 11.3. The third-order valence-corrected chi connectivity index (χ3v) is 7.31. The van der Waals surface area contributed by atoms with Gasteiger partial charge < -0.3 is 24.8 Å². The number of aromatic nitrogens is 4. The van der Waals surface area contributed by atoms with Crippen molar-refractivity contribution in [3.05, 3.63) is 72.7 Å². The zero-order valence-corrected chi connectivity index (χ0v) is 23.1. The first-order chi connectivity index (χ1) is 20.1. The second-order valence-electron chi connectivity index (χ2n) is 9.87. The number of hydrogen-bond acceptors (Lipinski definition) is 8. The summed E-state index contributed by atoms with van der Waals surface area (Å²) in [7, 11) is 4.69. The molecule has 2 N–H and O–H groups in total. The summed E-state index contributed by atoms with van der Waals surface area (Å²) >= 11 is 0. The van der Waals surface area contributed by atoms with Crippen molar-refractivity contribution in [2.75, 3.05) is 32.0 Å². The number of methoxy groups -OCH3 is 3. The molecule has 0 atom stereocenters. The van der Waals surface area contributed by atoms with E-state index in [4.69, 9.17) is 24.3 Å². The van der Waals surface area contributed by atoms with Gasteiger partial charge >= 0.3 is 0 Å². The number of nitrogens with zero attached hydrogens (tertiary/aromatic N) is 4. The number of nitrogens with one attached hydrogen (secondary N) is 2. The molecule has 0 aliphatic heterocycles. The molecule has 210 valence electrons. The Morgan fingerprint density at radius 3 is 2.32 bits per heavy atom. The number of rotatable bonds is 9. The minimum absolute atomic E-state index is 0.304. The highest BCUT2D eigenvalue weighted by molar-refractivity contribution is 5.91. The number of anilines is 3. The Balaban J connectivity index is 1.45. The Morgan fingerprint density at radius 1 is 0.902 bits per heavy atom. The predicted octanol–water partition coefficient (Wildman–Crippen LogP) is 6.72. The predicted molar refractivity (Wildman–Crippen MR) is 157 cm³/mol. The molecule has 0 unspecified atom stereocenters. The number of halogens is 1. The molecule has 1 fully saturated rings. The lowest BCUT2D eigenvalue weighted by molar-refractivity contribution is 0.324. The highest BCUT2D eigenvalue weighted by Crippen LogP contribution is 2.41. The lowest BCUT2D eigenvalue weighted by atomic mass is 10.0. The average molecular weight is 555 g/mol. The first-order valence-corrected chi connectivity index (χ1v) is 13.5. The molecule has 0 spiro atoms. The van der Waals surface area contributed by atoms with Gasteiger partial charge in [0.25, 0.3) is 0 Å². The van der Waals surface area contributed by atoms with Crippen LogP contribution in [-0.4, -0.2) is 47.0 Å². The van der Waals surface area contributed by atoms with Crippen LogP contribution >= 0.6 is 0 Å². The van der Waals surface area contributed by atoms with E-state index in [2.05, 4.69) is 15.6 Å². The Labute approximate surface area is 237 Å². The van der Waals surface area contributed by atoms with E-state index in [1.54, 1.807) is 51.8 Å². The van der Waals surface area contributed by atoms with Gasteiger partial charge in [-0.25, -0.2) is 18.9 Å². The third-order valence-electron chi connectivity index (χ3n) is 7.31. The maximum absolute atomic E-state index is 13.8. The average Bonchev–Trinajstić information content (AvgIpc) is 3.65. The standard InChI is InChI=1S/C31H31FN6O3/c1-39-25-17-22(18-26(40-2)30(25)41-3)35-31-33-16-15-23(36-31)28-24-9-6-10-27(34-21-7-4-5-8-21)38(24)37-29(28)19-11-13-20(32)14-12-19/h6,9-18,21,34H,4-5,7-8H2,1-3H3,(H,33,35,36). The number of hydrogen-bond donors (Lipinski definition) is 2. The van der Waals surface area contributed by atoms with Gasteiger partial charge in [0.1, 0.15) is 17.3 Å². The minimum Gasteiger partial charge on any atom is -0.493 e. The van der Waals surface area contributed by atoms with Crippen LogP contribution in [0, 0.1) is 5.82 Å².